The summed E-state index contributed by atoms with van der Waals surface area (Å²) in [5.41, 5.74) is 0.362. The number of halogens is 2. The molecule has 1 aromatic rings. The van der Waals surface area contributed by atoms with E-state index in [9.17, 15) is 9.90 Å². The zero-order valence-corrected chi connectivity index (χ0v) is 7.47. The fourth-order valence-corrected chi connectivity index (χ4v) is 1.30. The summed E-state index contributed by atoms with van der Waals surface area (Å²) in [5, 5.41) is 9.50. The summed E-state index contributed by atoms with van der Waals surface area (Å²) in [6.07, 6.45) is 0. The van der Waals surface area contributed by atoms with Gasteiger partial charge < -0.3 is 9.90 Å². The maximum absolute atomic E-state index is 10.4. The molecule has 2 nitrogen and oxygen atoms in total. The van der Waals surface area contributed by atoms with Gasteiger partial charge in [-0.3, -0.25) is 0 Å². The highest BCUT2D eigenvalue weighted by Gasteiger charge is 2.11. The molecule has 64 valence electrons. The van der Waals surface area contributed by atoms with Crippen molar-refractivity contribution in [2.24, 2.45) is 0 Å². The van der Waals surface area contributed by atoms with Gasteiger partial charge in [-0.15, -0.1) is 11.6 Å². The maximum atomic E-state index is 10.4. The van der Waals surface area contributed by atoms with E-state index >= 15 is 0 Å². The number of carbonyl (C=O) groups is 1. The topological polar surface area (TPSA) is 40.1 Å². The Morgan fingerprint density at radius 3 is 2.50 bits per heavy atom. The molecule has 1 unspecified atom stereocenters. The van der Waals surface area contributed by atoms with Crippen LogP contribution in [0.1, 0.15) is 10.9 Å². The Labute approximate surface area is 79.7 Å². The third kappa shape index (κ3) is 1.90. The number of hydrogen-bond donors (Lipinski definition) is 0. The van der Waals surface area contributed by atoms with Crippen LogP contribution in [0, 0.1) is 0 Å². The number of carboxylic acid groups (broad SMARTS) is 1. The lowest BCUT2D eigenvalue weighted by atomic mass is 10.1. The van der Waals surface area contributed by atoms with E-state index in [-0.39, 0.29) is 0 Å². The predicted octanol–water partition coefficient (Wildman–Crippen LogP) is 1.37. The fraction of sp³-hybridized carbons (Fsp3) is 0.125. The van der Waals surface area contributed by atoms with E-state index in [0.29, 0.717) is 10.6 Å². The molecule has 0 saturated heterocycles. The normalized spacial score (nSPS) is 12.5. The van der Waals surface area contributed by atoms with Crippen LogP contribution in [-0.4, -0.2) is 5.97 Å². The van der Waals surface area contributed by atoms with Crippen molar-refractivity contribution in [1.29, 1.82) is 0 Å². The Hall–Kier alpha value is -0.730. The molecule has 0 aromatic heterocycles. The smallest absolute Gasteiger partial charge is 0.0994 e. The number of rotatable bonds is 2. The second-order valence-electron chi connectivity index (χ2n) is 2.20. The minimum absolute atomic E-state index is 0.335. The van der Waals surface area contributed by atoms with Gasteiger partial charge in [-0.1, -0.05) is 29.8 Å². The summed E-state index contributed by atoms with van der Waals surface area (Å²) < 4.78 is 0. The van der Waals surface area contributed by atoms with Crippen LogP contribution in [0.5, 0.6) is 0 Å². The second kappa shape index (κ2) is 3.78. The highest BCUT2D eigenvalue weighted by molar-refractivity contribution is 6.35. The summed E-state index contributed by atoms with van der Waals surface area (Å²) in [6.45, 7) is 0. The van der Waals surface area contributed by atoms with Gasteiger partial charge in [-0.05, 0) is 11.6 Å². The summed E-state index contributed by atoms with van der Waals surface area (Å²) in [6, 6.07) is 6.50. The molecule has 0 saturated carbocycles. The molecule has 0 heterocycles. The number of carbonyl (C=O) groups excluding carboxylic acids is 1. The van der Waals surface area contributed by atoms with Gasteiger partial charge in [0, 0.05) is 5.02 Å². The first-order chi connectivity index (χ1) is 5.63. The van der Waals surface area contributed by atoms with Gasteiger partial charge in [-0.25, -0.2) is 0 Å². The van der Waals surface area contributed by atoms with E-state index in [2.05, 4.69) is 0 Å². The first-order valence-corrected chi connectivity index (χ1v) is 4.03. The Balaban J connectivity index is 3.02. The number of alkyl halides is 1. The van der Waals surface area contributed by atoms with Crippen LogP contribution >= 0.6 is 23.2 Å². The summed E-state index contributed by atoms with van der Waals surface area (Å²) >= 11 is 11.2. The highest BCUT2D eigenvalue weighted by atomic mass is 35.5. The second-order valence-corrected chi connectivity index (χ2v) is 3.05. The van der Waals surface area contributed by atoms with Gasteiger partial charge >= 0.3 is 0 Å². The standard InChI is InChI=1S/C8H6Cl2O2/c9-6-4-2-1-3-5(6)7(10)8(11)12/h1-4,7H,(H,11,12)/p-1. The van der Waals surface area contributed by atoms with Crippen molar-refractivity contribution >= 4 is 29.2 Å². The fourth-order valence-electron chi connectivity index (χ4n) is 0.808. The summed E-state index contributed by atoms with van der Waals surface area (Å²) in [7, 11) is 0. The average Bonchev–Trinajstić information content (AvgIpc) is 2.04. The molecule has 0 radical (unpaired) electrons. The van der Waals surface area contributed by atoms with Crippen LogP contribution in [0.4, 0.5) is 0 Å². The number of hydrogen-bond acceptors (Lipinski definition) is 2. The van der Waals surface area contributed by atoms with E-state index in [1.807, 2.05) is 0 Å². The maximum Gasteiger partial charge on any atom is 0.0994 e. The van der Waals surface area contributed by atoms with Gasteiger partial charge in [0.15, 0.2) is 0 Å². The molecule has 0 aliphatic heterocycles. The van der Waals surface area contributed by atoms with Gasteiger partial charge in [0.05, 0.1) is 11.3 Å². The van der Waals surface area contributed by atoms with Crippen molar-refractivity contribution in [3.63, 3.8) is 0 Å². The average molecular weight is 204 g/mol. The lowest BCUT2D eigenvalue weighted by Gasteiger charge is -2.11. The SMILES string of the molecule is O=C([O-])C(Cl)c1ccccc1Cl. The van der Waals surface area contributed by atoms with E-state index in [1.54, 1.807) is 24.3 Å². The van der Waals surface area contributed by atoms with Crippen LogP contribution in [0.15, 0.2) is 24.3 Å². The third-order valence-electron chi connectivity index (χ3n) is 1.39. The first kappa shape index (κ1) is 9.36. The molecule has 0 amide bonds. The minimum Gasteiger partial charge on any atom is -0.548 e. The van der Waals surface area contributed by atoms with E-state index in [1.165, 1.54) is 0 Å². The number of carboxylic acids is 1. The quantitative estimate of drug-likeness (QED) is 0.682. The zero-order chi connectivity index (χ0) is 9.14. The van der Waals surface area contributed by atoms with Crippen LogP contribution in [0.3, 0.4) is 0 Å². The highest BCUT2D eigenvalue weighted by Crippen LogP contribution is 2.26. The van der Waals surface area contributed by atoms with E-state index in [4.69, 9.17) is 23.2 Å². The van der Waals surface area contributed by atoms with Crippen LogP contribution in [0.25, 0.3) is 0 Å². The molecular weight excluding hydrogens is 199 g/mol. The van der Waals surface area contributed by atoms with Crippen molar-refractivity contribution < 1.29 is 9.90 Å². The molecular formula is C8H5Cl2O2-. The molecule has 4 heteroatoms. The van der Waals surface area contributed by atoms with E-state index in [0.717, 1.165) is 0 Å². The molecule has 0 fully saturated rings. The van der Waals surface area contributed by atoms with Crippen molar-refractivity contribution in [3.8, 4) is 0 Å². The van der Waals surface area contributed by atoms with Gasteiger partial charge in [0.25, 0.3) is 0 Å². The Morgan fingerprint density at radius 2 is 2.00 bits per heavy atom. The first-order valence-electron chi connectivity index (χ1n) is 3.22. The van der Waals surface area contributed by atoms with Crippen molar-refractivity contribution in [2.45, 2.75) is 5.38 Å². The molecule has 0 bridgehead atoms. The van der Waals surface area contributed by atoms with Gasteiger partial charge in [0.2, 0.25) is 0 Å². The van der Waals surface area contributed by atoms with Crippen LogP contribution in [-0.2, 0) is 4.79 Å². The minimum atomic E-state index is -1.34. The molecule has 0 spiro atoms. The Bertz CT molecular complexity index is 299. The predicted molar refractivity (Wildman–Crippen MR) is 45.1 cm³/mol. The molecule has 1 rings (SSSR count). The molecule has 0 N–H and O–H groups in total. The number of aliphatic carboxylic acids is 1. The van der Waals surface area contributed by atoms with Crippen molar-refractivity contribution in [1.82, 2.24) is 0 Å². The Kier molecular flexibility index (Phi) is 2.95. The molecule has 1 atom stereocenters. The lowest BCUT2D eigenvalue weighted by molar-refractivity contribution is -0.305. The largest absolute Gasteiger partial charge is 0.548 e. The van der Waals surface area contributed by atoms with Crippen molar-refractivity contribution in [3.05, 3.63) is 34.9 Å². The Morgan fingerprint density at radius 1 is 1.42 bits per heavy atom. The molecule has 12 heavy (non-hydrogen) atoms. The van der Waals surface area contributed by atoms with Crippen LogP contribution < -0.4 is 5.11 Å². The zero-order valence-electron chi connectivity index (χ0n) is 5.96. The van der Waals surface area contributed by atoms with Gasteiger partial charge in [-0.2, -0.15) is 0 Å². The number of benzene rings is 1. The third-order valence-corrected chi connectivity index (χ3v) is 2.14. The summed E-state index contributed by atoms with van der Waals surface area (Å²) in [4.78, 5) is 10.4. The molecule has 0 aliphatic rings. The lowest BCUT2D eigenvalue weighted by Crippen LogP contribution is -2.26. The monoisotopic (exact) mass is 203 g/mol. The van der Waals surface area contributed by atoms with Gasteiger partial charge in [0.1, 0.15) is 0 Å². The van der Waals surface area contributed by atoms with Crippen molar-refractivity contribution in [2.75, 3.05) is 0 Å². The molecule has 1 aromatic carbocycles. The molecule has 0 aliphatic carbocycles. The van der Waals surface area contributed by atoms with Crippen LogP contribution in [0.2, 0.25) is 5.02 Å². The van der Waals surface area contributed by atoms with E-state index < -0.39 is 11.3 Å². The summed E-state index contributed by atoms with van der Waals surface area (Å²) in [5.74, 6) is -1.34.